The van der Waals surface area contributed by atoms with Gasteiger partial charge in [0.05, 0.1) is 0 Å². The second kappa shape index (κ2) is 13.3. The minimum absolute atomic E-state index is 0.140. The number of urea groups is 1. The zero-order chi connectivity index (χ0) is 26.9. The van der Waals surface area contributed by atoms with Gasteiger partial charge in [-0.15, -0.1) is 0 Å². The van der Waals surface area contributed by atoms with E-state index in [2.05, 4.69) is 27.9 Å². The number of nitrogen functional groups attached to an aromatic ring is 1. The van der Waals surface area contributed by atoms with E-state index in [9.17, 15) is 14.0 Å². The molecule has 11 heteroatoms. The number of halogens is 1. The van der Waals surface area contributed by atoms with Gasteiger partial charge in [0.2, 0.25) is 0 Å². The van der Waals surface area contributed by atoms with Gasteiger partial charge in [0.25, 0.3) is 0 Å². The Labute approximate surface area is 228 Å². The van der Waals surface area contributed by atoms with E-state index in [1.165, 1.54) is 0 Å². The van der Waals surface area contributed by atoms with E-state index in [1.54, 1.807) is 12.3 Å². The number of hydrogen-bond acceptors (Lipinski definition) is 6. The van der Waals surface area contributed by atoms with E-state index in [0.717, 1.165) is 33.1 Å². The first-order chi connectivity index (χ1) is 18.4. The SMILES string of the molecule is CC[As]c1nc(-c2ccc(NC(=O)NCc3ccc(N)nc3)cc2)ccc1C(=O)NCCN1CCC(F)C1. The third kappa shape index (κ3) is 7.76. The van der Waals surface area contributed by atoms with Gasteiger partial charge in [-0.2, -0.15) is 0 Å². The molecule has 1 saturated heterocycles. The van der Waals surface area contributed by atoms with Gasteiger partial charge >= 0.3 is 194 Å². The van der Waals surface area contributed by atoms with E-state index < -0.39 is 6.17 Å². The maximum atomic E-state index is 13.4. The van der Waals surface area contributed by atoms with Crippen molar-refractivity contribution in [1.82, 2.24) is 25.5 Å². The fraction of sp³-hybridized carbons (Fsp3) is 0.333. The van der Waals surface area contributed by atoms with Crippen LogP contribution < -0.4 is 26.2 Å². The molecule has 1 atom stereocenters. The van der Waals surface area contributed by atoms with Crippen LogP contribution in [0.4, 0.5) is 20.7 Å². The van der Waals surface area contributed by atoms with Gasteiger partial charge in [0.15, 0.2) is 0 Å². The molecule has 2 aromatic heterocycles. The number of benzene rings is 1. The van der Waals surface area contributed by atoms with Crippen LogP contribution >= 0.6 is 0 Å². The van der Waals surface area contributed by atoms with Crippen LogP contribution in [-0.4, -0.2) is 74.9 Å². The summed E-state index contributed by atoms with van der Waals surface area (Å²) in [7, 11) is 0. The second-order valence-electron chi connectivity index (χ2n) is 8.96. The zero-order valence-corrected chi connectivity index (χ0v) is 23.2. The predicted molar refractivity (Wildman–Crippen MR) is 148 cm³/mol. The van der Waals surface area contributed by atoms with Crippen molar-refractivity contribution in [2.45, 2.75) is 31.3 Å². The Morgan fingerprint density at radius 2 is 1.95 bits per heavy atom. The van der Waals surface area contributed by atoms with Gasteiger partial charge in [0.1, 0.15) is 5.82 Å². The third-order valence-corrected chi connectivity index (χ3v) is 8.10. The van der Waals surface area contributed by atoms with Crippen molar-refractivity contribution in [2.75, 3.05) is 37.2 Å². The summed E-state index contributed by atoms with van der Waals surface area (Å²) in [6.45, 7) is 4.73. The average molecular weight is 581 g/mol. The molecule has 1 radical (unpaired) electrons. The topological polar surface area (TPSA) is 125 Å². The molecular weight excluding hydrogens is 548 g/mol. The number of carbonyl (C=O) groups is 2. The molecule has 0 aliphatic carbocycles. The number of anilines is 2. The molecule has 3 heterocycles. The summed E-state index contributed by atoms with van der Waals surface area (Å²) in [6, 6.07) is 14.3. The quantitative estimate of drug-likeness (QED) is 0.274. The Bertz CT molecular complexity index is 1240. The number of nitrogens with two attached hydrogens (primary N) is 1. The summed E-state index contributed by atoms with van der Waals surface area (Å²) in [5, 5.41) is 9.51. The predicted octanol–water partition coefficient (Wildman–Crippen LogP) is 2.59. The second-order valence-corrected chi connectivity index (χ2v) is 11.8. The number of amides is 3. The monoisotopic (exact) mass is 580 g/mol. The molecule has 0 saturated carbocycles. The number of aromatic nitrogens is 2. The molecule has 1 fully saturated rings. The van der Waals surface area contributed by atoms with Crippen LogP contribution in [0.3, 0.4) is 0 Å². The fourth-order valence-electron chi connectivity index (χ4n) is 4.09. The van der Waals surface area contributed by atoms with Crippen LogP contribution in [0.15, 0.2) is 54.7 Å². The molecule has 38 heavy (non-hydrogen) atoms. The first kappa shape index (κ1) is 27.5. The number of rotatable bonds is 10. The Balaban J connectivity index is 1.33. The van der Waals surface area contributed by atoms with Crippen molar-refractivity contribution in [1.29, 1.82) is 0 Å². The molecule has 9 nitrogen and oxygen atoms in total. The summed E-state index contributed by atoms with van der Waals surface area (Å²) in [5.41, 5.74) is 9.35. The Kier molecular flexibility index (Phi) is 9.67. The molecule has 199 valence electrons. The number of carbonyl (C=O) groups excluding carboxylic acids is 2. The van der Waals surface area contributed by atoms with Crippen molar-refractivity contribution < 1.29 is 14.0 Å². The van der Waals surface area contributed by atoms with Gasteiger partial charge in [0, 0.05) is 6.20 Å². The van der Waals surface area contributed by atoms with Crippen LogP contribution in [0.2, 0.25) is 5.21 Å². The summed E-state index contributed by atoms with van der Waals surface area (Å²) in [6.07, 6.45) is 1.43. The number of alkyl halides is 1. The fourth-order valence-corrected chi connectivity index (χ4v) is 5.82. The minimum atomic E-state index is -0.761. The van der Waals surface area contributed by atoms with Crippen molar-refractivity contribution in [3.8, 4) is 11.3 Å². The summed E-state index contributed by atoms with van der Waals surface area (Å²) < 4.78 is 14.2. The first-order valence-electron chi connectivity index (χ1n) is 12.6. The van der Waals surface area contributed by atoms with Crippen LogP contribution in [0.1, 0.15) is 29.3 Å². The average Bonchev–Trinajstić information content (AvgIpc) is 3.33. The molecule has 3 amide bonds. The summed E-state index contributed by atoms with van der Waals surface area (Å²) in [5.74, 6) is 0.291. The van der Waals surface area contributed by atoms with E-state index in [-0.39, 0.29) is 27.7 Å². The molecule has 1 aliphatic heterocycles. The van der Waals surface area contributed by atoms with Crippen molar-refractivity contribution in [3.63, 3.8) is 0 Å². The van der Waals surface area contributed by atoms with Gasteiger partial charge in [-0.1, -0.05) is 6.07 Å². The number of nitrogens with one attached hydrogen (secondary N) is 3. The molecule has 3 aromatic rings. The Hall–Kier alpha value is -3.49. The molecule has 4 rings (SSSR count). The van der Waals surface area contributed by atoms with Crippen LogP contribution in [0.25, 0.3) is 11.3 Å². The van der Waals surface area contributed by atoms with Gasteiger partial charge < -0.3 is 5.73 Å². The van der Waals surface area contributed by atoms with Crippen LogP contribution in [0.5, 0.6) is 0 Å². The van der Waals surface area contributed by atoms with Gasteiger partial charge in [-0.3, -0.25) is 0 Å². The van der Waals surface area contributed by atoms with Crippen molar-refractivity contribution in [2.24, 2.45) is 0 Å². The van der Waals surface area contributed by atoms with E-state index in [1.807, 2.05) is 47.4 Å². The van der Waals surface area contributed by atoms with Gasteiger partial charge in [-0.25, -0.2) is 4.98 Å². The molecule has 1 unspecified atom stereocenters. The zero-order valence-electron chi connectivity index (χ0n) is 21.3. The Morgan fingerprint density at radius 1 is 1.13 bits per heavy atom. The Morgan fingerprint density at radius 3 is 2.63 bits per heavy atom. The number of likely N-dealkylation sites (tertiary alicyclic amines) is 1. The summed E-state index contributed by atoms with van der Waals surface area (Å²) in [4.78, 5) is 36.0. The normalized spacial score (nSPS) is 15.6. The number of hydrogen-bond donors (Lipinski definition) is 4. The number of pyridine rings is 2. The third-order valence-electron chi connectivity index (χ3n) is 6.10. The maximum absolute atomic E-state index is 13.4. The molecule has 1 aromatic carbocycles. The molecule has 1 aliphatic rings. The van der Waals surface area contributed by atoms with Crippen LogP contribution in [0, 0.1) is 0 Å². The number of nitrogens with zero attached hydrogens (tertiary/aromatic N) is 3. The van der Waals surface area contributed by atoms with Crippen LogP contribution in [-0.2, 0) is 6.54 Å². The molecule has 0 spiro atoms. The summed E-state index contributed by atoms with van der Waals surface area (Å²) >= 11 is -0.257. The standard InChI is InChI=1S/C27H32AsFN7O2/c1-2-28-25-22(26(37)31-12-14-36-13-11-20(29)17-36)8-9-23(35-25)19-4-6-21(7-5-19)34-27(38)33-16-18-3-10-24(30)32-15-18/h3-10,15,20H,2,11-14,16-17H2,1H3,(H2,30,32)(H,31,37)(H2,33,34,38). The van der Waals surface area contributed by atoms with E-state index in [4.69, 9.17) is 10.7 Å². The molecule has 0 bridgehead atoms. The van der Waals surface area contributed by atoms with E-state index >= 15 is 0 Å². The van der Waals surface area contributed by atoms with Gasteiger partial charge in [-0.05, 0) is 6.07 Å². The molecular formula is C27H32AsFN7O2. The molecule has 5 N–H and O–H groups in total. The van der Waals surface area contributed by atoms with Crippen molar-refractivity contribution >= 4 is 43.7 Å². The van der Waals surface area contributed by atoms with E-state index in [0.29, 0.717) is 49.7 Å². The first-order valence-corrected chi connectivity index (χ1v) is 14.9. The van der Waals surface area contributed by atoms with Crippen molar-refractivity contribution in [3.05, 3.63) is 65.9 Å².